The summed E-state index contributed by atoms with van der Waals surface area (Å²) in [7, 11) is 2.16. The Kier molecular flexibility index (Phi) is 2.97. The number of likely N-dealkylation sites (N-methyl/N-ethyl adjacent to an activating group) is 1. The van der Waals surface area contributed by atoms with Crippen LogP contribution in [-0.4, -0.2) is 42.3 Å². The van der Waals surface area contributed by atoms with Gasteiger partial charge in [-0.05, 0) is 25.8 Å². The molecule has 1 saturated heterocycles. The van der Waals surface area contributed by atoms with Crippen molar-refractivity contribution in [3.05, 3.63) is 24.4 Å². The lowest BCUT2D eigenvalue weighted by Crippen LogP contribution is -2.37. The van der Waals surface area contributed by atoms with E-state index in [2.05, 4.69) is 39.9 Å². The summed E-state index contributed by atoms with van der Waals surface area (Å²) >= 11 is 0. The monoisotopic (exact) mass is 258 g/mol. The first-order chi connectivity index (χ1) is 9.18. The first-order valence-corrected chi connectivity index (χ1v) is 6.97. The molecule has 1 atom stereocenters. The van der Waals surface area contributed by atoms with E-state index in [0.29, 0.717) is 11.5 Å². The summed E-state index contributed by atoms with van der Waals surface area (Å²) < 4.78 is 0. The van der Waals surface area contributed by atoms with E-state index in [1.807, 2.05) is 19.3 Å². The molecule has 2 aliphatic rings. The summed E-state index contributed by atoms with van der Waals surface area (Å²) in [5.74, 6) is 0.898. The van der Waals surface area contributed by atoms with Crippen LogP contribution in [0.5, 0.6) is 0 Å². The summed E-state index contributed by atoms with van der Waals surface area (Å²) in [6.45, 7) is 8.43. The molecule has 4 nitrogen and oxygen atoms in total. The van der Waals surface area contributed by atoms with Crippen LogP contribution in [0, 0.1) is 5.41 Å². The van der Waals surface area contributed by atoms with Crippen LogP contribution < -0.4 is 5.32 Å². The molecule has 2 N–H and O–H groups in total. The molecular formula is C15H22N4. The van der Waals surface area contributed by atoms with Crippen molar-refractivity contribution < 1.29 is 0 Å². The minimum atomic E-state index is 0.502. The predicted octanol–water partition coefficient (Wildman–Crippen LogP) is 2.39. The van der Waals surface area contributed by atoms with Crippen LogP contribution in [0.3, 0.4) is 0 Å². The molecule has 2 fully saturated rings. The molecular weight excluding hydrogens is 236 g/mol. The molecule has 1 saturated carbocycles. The Labute approximate surface area is 114 Å². The quantitative estimate of drug-likeness (QED) is 0.814. The van der Waals surface area contributed by atoms with Crippen LogP contribution in [0.15, 0.2) is 23.8 Å². The molecule has 1 spiro atoms. The molecule has 3 rings (SSSR count). The lowest BCUT2D eigenvalue weighted by molar-refractivity contribution is 0.283. The highest BCUT2D eigenvalue weighted by molar-refractivity contribution is 5.73. The average Bonchev–Trinajstić information content (AvgIpc) is 2.85. The zero-order valence-corrected chi connectivity index (χ0v) is 11.7. The summed E-state index contributed by atoms with van der Waals surface area (Å²) in [6, 6.07) is 2.62. The highest BCUT2D eigenvalue weighted by atomic mass is 15.2. The minimum Gasteiger partial charge on any atom is -0.370 e. The van der Waals surface area contributed by atoms with Crippen molar-refractivity contribution >= 4 is 17.7 Å². The molecule has 2 heterocycles. The van der Waals surface area contributed by atoms with Gasteiger partial charge in [0, 0.05) is 55.3 Å². The number of H-pyrrole nitrogens is 1. The van der Waals surface area contributed by atoms with E-state index in [9.17, 15) is 0 Å². The highest BCUT2D eigenvalue weighted by Gasteiger charge is 2.53. The number of nitrogens with one attached hydrogen (secondary N) is 2. The number of nitrogens with zero attached hydrogens (tertiary/aromatic N) is 2. The Morgan fingerprint density at radius 1 is 1.58 bits per heavy atom. The molecule has 19 heavy (non-hydrogen) atoms. The van der Waals surface area contributed by atoms with Crippen LogP contribution in [0.1, 0.15) is 25.3 Å². The Morgan fingerprint density at radius 3 is 3.05 bits per heavy atom. The smallest absolute Gasteiger partial charge is 0.138 e. The Bertz CT molecular complexity index is 510. The van der Waals surface area contributed by atoms with Crippen molar-refractivity contribution in [2.75, 3.05) is 20.1 Å². The van der Waals surface area contributed by atoms with Crippen molar-refractivity contribution in [3.63, 3.8) is 0 Å². The van der Waals surface area contributed by atoms with Gasteiger partial charge in [0.15, 0.2) is 0 Å². The van der Waals surface area contributed by atoms with Gasteiger partial charge in [-0.3, -0.25) is 0 Å². The fourth-order valence-electron chi connectivity index (χ4n) is 3.22. The van der Waals surface area contributed by atoms with Gasteiger partial charge < -0.3 is 15.2 Å². The SMILES string of the molecule is C=C(c1cc[nH]c1N=CC)N(C)C1CNCC12CC2. The van der Waals surface area contributed by atoms with Crippen molar-refractivity contribution in [2.45, 2.75) is 25.8 Å². The number of hydrogen-bond donors (Lipinski definition) is 2. The largest absolute Gasteiger partial charge is 0.370 e. The summed E-state index contributed by atoms with van der Waals surface area (Å²) in [5, 5.41) is 3.53. The molecule has 1 aromatic rings. The molecule has 1 aromatic heterocycles. The third-order valence-electron chi connectivity index (χ3n) is 4.60. The zero-order valence-electron chi connectivity index (χ0n) is 11.7. The normalized spacial score (nSPS) is 24.2. The van der Waals surface area contributed by atoms with Gasteiger partial charge in [-0.1, -0.05) is 6.58 Å². The number of rotatable bonds is 4. The van der Waals surface area contributed by atoms with Gasteiger partial charge in [-0.15, -0.1) is 0 Å². The molecule has 102 valence electrons. The second-order valence-corrected chi connectivity index (χ2v) is 5.69. The first kappa shape index (κ1) is 12.5. The van der Waals surface area contributed by atoms with Gasteiger partial charge in [0.2, 0.25) is 0 Å². The summed E-state index contributed by atoms with van der Waals surface area (Å²) in [5.41, 5.74) is 2.66. The third-order valence-corrected chi connectivity index (χ3v) is 4.60. The van der Waals surface area contributed by atoms with E-state index >= 15 is 0 Å². The van der Waals surface area contributed by atoms with Gasteiger partial charge in [-0.25, -0.2) is 4.99 Å². The number of aromatic amines is 1. The number of aliphatic imine (C=N–C) groups is 1. The van der Waals surface area contributed by atoms with Crippen LogP contribution in [-0.2, 0) is 0 Å². The van der Waals surface area contributed by atoms with E-state index in [-0.39, 0.29) is 0 Å². The Hall–Kier alpha value is -1.55. The van der Waals surface area contributed by atoms with Crippen molar-refractivity contribution in [3.8, 4) is 0 Å². The van der Waals surface area contributed by atoms with Crippen molar-refractivity contribution in [1.29, 1.82) is 0 Å². The maximum Gasteiger partial charge on any atom is 0.138 e. The fourth-order valence-corrected chi connectivity index (χ4v) is 3.22. The lowest BCUT2D eigenvalue weighted by Gasteiger charge is -2.32. The Balaban J connectivity index is 1.81. The first-order valence-electron chi connectivity index (χ1n) is 6.97. The van der Waals surface area contributed by atoms with Gasteiger partial charge in [0.05, 0.1) is 0 Å². The standard InChI is InChI=1S/C15H22N4/c1-4-17-14-12(5-8-18-14)11(2)19(3)13-9-16-10-15(13)6-7-15/h4-5,8,13,16,18H,2,6-7,9-10H2,1,3H3. The Morgan fingerprint density at radius 2 is 2.37 bits per heavy atom. The van der Waals surface area contributed by atoms with E-state index in [4.69, 9.17) is 0 Å². The molecule has 0 aromatic carbocycles. The van der Waals surface area contributed by atoms with Crippen LogP contribution in [0.4, 0.5) is 5.82 Å². The summed E-state index contributed by atoms with van der Waals surface area (Å²) in [6.07, 6.45) is 6.42. The van der Waals surface area contributed by atoms with Gasteiger partial charge >= 0.3 is 0 Å². The van der Waals surface area contributed by atoms with Crippen LogP contribution in [0.2, 0.25) is 0 Å². The van der Waals surface area contributed by atoms with E-state index in [1.165, 1.54) is 12.8 Å². The third kappa shape index (κ3) is 2.00. The van der Waals surface area contributed by atoms with E-state index in [1.54, 1.807) is 0 Å². The molecule has 1 unspecified atom stereocenters. The van der Waals surface area contributed by atoms with Crippen LogP contribution in [0.25, 0.3) is 5.70 Å². The maximum atomic E-state index is 4.37. The fraction of sp³-hybridized carbons (Fsp3) is 0.533. The molecule has 4 heteroatoms. The van der Waals surface area contributed by atoms with Gasteiger partial charge in [0.1, 0.15) is 5.82 Å². The molecule has 0 bridgehead atoms. The topological polar surface area (TPSA) is 43.4 Å². The number of aromatic nitrogens is 1. The molecule has 0 amide bonds. The van der Waals surface area contributed by atoms with Crippen LogP contribution >= 0.6 is 0 Å². The molecule has 0 radical (unpaired) electrons. The number of hydrogen-bond acceptors (Lipinski definition) is 3. The average molecular weight is 258 g/mol. The second kappa shape index (κ2) is 4.53. The van der Waals surface area contributed by atoms with Crippen molar-refractivity contribution in [2.24, 2.45) is 10.4 Å². The second-order valence-electron chi connectivity index (χ2n) is 5.69. The summed E-state index contributed by atoms with van der Waals surface area (Å²) in [4.78, 5) is 9.87. The minimum absolute atomic E-state index is 0.502. The van der Waals surface area contributed by atoms with Crippen molar-refractivity contribution in [1.82, 2.24) is 15.2 Å². The maximum absolute atomic E-state index is 4.37. The molecule has 1 aliphatic heterocycles. The lowest BCUT2D eigenvalue weighted by atomic mass is 9.98. The molecule has 1 aliphatic carbocycles. The van der Waals surface area contributed by atoms with Gasteiger partial charge in [0.25, 0.3) is 0 Å². The zero-order chi connectivity index (χ0) is 13.5. The van der Waals surface area contributed by atoms with E-state index < -0.39 is 0 Å². The van der Waals surface area contributed by atoms with E-state index in [0.717, 1.165) is 30.2 Å². The van der Waals surface area contributed by atoms with Gasteiger partial charge in [-0.2, -0.15) is 0 Å². The highest BCUT2D eigenvalue weighted by Crippen LogP contribution is 2.52. The predicted molar refractivity (Wildman–Crippen MR) is 79.7 cm³/mol.